The minimum absolute atomic E-state index is 0.274. The van der Waals surface area contributed by atoms with Crippen molar-refractivity contribution in [3.8, 4) is 0 Å². The number of hydrogen-bond acceptors (Lipinski definition) is 5. The molecule has 0 aromatic heterocycles. The highest BCUT2D eigenvalue weighted by Crippen LogP contribution is 2.48. The van der Waals surface area contributed by atoms with Gasteiger partial charge < -0.3 is 20.4 Å². The summed E-state index contributed by atoms with van der Waals surface area (Å²) in [6.07, 6.45) is -1.38. The Hall–Kier alpha value is -0.460. The molecule has 5 nitrogen and oxygen atoms in total. The van der Waals surface area contributed by atoms with Gasteiger partial charge in [0.1, 0.15) is 0 Å². The zero-order valence-corrected chi connectivity index (χ0v) is 11.9. The second kappa shape index (κ2) is 4.53. The van der Waals surface area contributed by atoms with Crippen LogP contribution in [0.4, 0.5) is 0 Å². The van der Waals surface area contributed by atoms with Crippen LogP contribution in [-0.2, 0) is 0 Å². The molecule has 2 heterocycles. The Kier molecular flexibility index (Phi) is 3.56. The first-order valence-corrected chi connectivity index (χ1v) is 6.89. The molecule has 0 aromatic rings. The van der Waals surface area contributed by atoms with Crippen molar-refractivity contribution in [1.29, 1.82) is 0 Å². The van der Waals surface area contributed by atoms with E-state index in [-0.39, 0.29) is 6.04 Å². The smallest absolute Gasteiger partial charge is 0.0967 e. The van der Waals surface area contributed by atoms with Gasteiger partial charge in [0.2, 0.25) is 0 Å². The number of β-amino-alcohol motifs (C(OH)–C–C–N with tert-alkyl or cyclic N) is 1. The van der Waals surface area contributed by atoms with Crippen LogP contribution < -0.4 is 0 Å². The van der Waals surface area contributed by atoms with Crippen LogP contribution in [0.5, 0.6) is 0 Å². The number of aliphatic hydroxyl groups excluding tert-OH is 3. The Bertz CT molecular complexity index is 378. The van der Waals surface area contributed by atoms with Crippen molar-refractivity contribution < 1.29 is 20.4 Å². The minimum atomic E-state index is -1.12. The quantitative estimate of drug-likeness (QED) is 0.527. The van der Waals surface area contributed by atoms with Crippen molar-refractivity contribution in [3.05, 3.63) is 12.2 Å². The SMILES string of the molecule is C=C(C(C)(C)O)C1(CC)C(O)CC2C(O)C(O)CN21. The van der Waals surface area contributed by atoms with Crippen molar-refractivity contribution in [2.24, 2.45) is 0 Å². The molecule has 0 saturated carbocycles. The fourth-order valence-corrected chi connectivity index (χ4v) is 3.78. The van der Waals surface area contributed by atoms with Crippen LogP contribution in [0.2, 0.25) is 0 Å². The van der Waals surface area contributed by atoms with Crippen molar-refractivity contribution in [2.45, 2.75) is 69.1 Å². The van der Waals surface area contributed by atoms with E-state index < -0.39 is 29.5 Å². The Labute approximate surface area is 114 Å². The van der Waals surface area contributed by atoms with Gasteiger partial charge >= 0.3 is 0 Å². The number of rotatable bonds is 3. The Morgan fingerprint density at radius 1 is 1.37 bits per heavy atom. The van der Waals surface area contributed by atoms with E-state index >= 15 is 0 Å². The summed E-state index contributed by atoms with van der Waals surface area (Å²) in [5.74, 6) is 0. The summed E-state index contributed by atoms with van der Waals surface area (Å²) in [4.78, 5) is 1.92. The van der Waals surface area contributed by atoms with Gasteiger partial charge in [-0.3, -0.25) is 4.90 Å². The molecule has 0 spiro atoms. The molecule has 110 valence electrons. The minimum Gasteiger partial charge on any atom is -0.391 e. The van der Waals surface area contributed by atoms with Gasteiger partial charge in [-0.05, 0) is 32.3 Å². The molecule has 2 fully saturated rings. The molecule has 0 bridgehead atoms. The van der Waals surface area contributed by atoms with E-state index in [0.717, 1.165) is 0 Å². The fourth-order valence-electron chi connectivity index (χ4n) is 3.78. The van der Waals surface area contributed by atoms with Crippen LogP contribution in [-0.4, -0.2) is 67.4 Å². The molecule has 2 rings (SSSR count). The molecule has 0 radical (unpaired) electrons. The van der Waals surface area contributed by atoms with E-state index in [1.807, 2.05) is 11.8 Å². The first-order valence-electron chi connectivity index (χ1n) is 6.89. The lowest BCUT2D eigenvalue weighted by Gasteiger charge is -2.45. The molecule has 4 N–H and O–H groups in total. The highest BCUT2D eigenvalue weighted by Gasteiger charge is 2.61. The highest BCUT2D eigenvalue weighted by molar-refractivity contribution is 5.32. The van der Waals surface area contributed by atoms with Crippen molar-refractivity contribution in [2.75, 3.05) is 6.54 Å². The van der Waals surface area contributed by atoms with Crippen LogP contribution in [0.15, 0.2) is 12.2 Å². The van der Waals surface area contributed by atoms with Crippen LogP contribution >= 0.6 is 0 Å². The molecule has 2 aliphatic rings. The third-order valence-electron chi connectivity index (χ3n) is 4.90. The van der Waals surface area contributed by atoms with Crippen LogP contribution in [0.1, 0.15) is 33.6 Å². The van der Waals surface area contributed by atoms with Crippen molar-refractivity contribution in [1.82, 2.24) is 4.90 Å². The average Bonchev–Trinajstić information content (AvgIpc) is 2.73. The summed E-state index contributed by atoms with van der Waals surface area (Å²) in [5.41, 5.74) is -1.36. The first-order chi connectivity index (χ1) is 8.66. The highest BCUT2D eigenvalue weighted by atomic mass is 16.3. The maximum Gasteiger partial charge on any atom is 0.0967 e. The van der Waals surface area contributed by atoms with Gasteiger partial charge in [-0.25, -0.2) is 0 Å². The molecule has 5 atom stereocenters. The van der Waals surface area contributed by atoms with Crippen LogP contribution in [0.25, 0.3) is 0 Å². The molecule has 0 amide bonds. The van der Waals surface area contributed by atoms with Gasteiger partial charge in [0.05, 0.1) is 29.5 Å². The Balaban J connectivity index is 2.42. The van der Waals surface area contributed by atoms with Gasteiger partial charge in [-0.2, -0.15) is 0 Å². The number of hydrogen-bond donors (Lipinski definition) is 4. The van der Waals surface area contributed by atoms with Crippen LogP contribution in [0.3, 0.4) is 0 Å². The normalized spacial score (nSPS) is 43.5. The Morgan fingerprint density at radius 2 is 1.95 bits per heavy atom. The van der Waals surface area contributed by atoms with Crippen molar-refractivity contribution >= 4 is 0 Å². The third kappa shape index (κ3) is 1.96. The fraction of sp³-hybridized carbons (Fsp3) is 0.857. The lowest BCUT2D eigenvalue weighted by atomic mass is 9.75. The summed E-state index contributed by atoms with van der Waals surface area (Å²) in [6, 6.07) is -0.274. The number of aliphatic hydroxyl groups is 4. The number of fused-ring (bicyclic) bond motifs is 1. The molecule has 0 aromatic carbocycles. The van der Waals surface area contributed by atoms with Gasteiger partial charge in [0.15, 0.2) is 0 Å². The second-order valence-electron chi connectivity index (χ2n) is 6.34. The molecular weight excluding hydrogens is 246 g/mol. The second-order valence-corrected chi connectivity index (χ2v) is 6.34. The monoisotopic (exact) mass is 271 g/mol. The average molecular weight is 271 g/mol. The van der Waals surface area contributed by atoms with Crippen molar-refractivity contribution in [3.63, 3.8) is 0 Å². The van der Waals surface area contributed by atoms with Gasteiger partial charge in [0.25, 0.3) is 0 Å². The predicted octanol–water partition coefficient (Wildman–Crippen LogP) is -0.367. The van der Waals surface area contributed by atoms with Gasteiger partial charge in [-0.1, -0.05) is 13.5 Å². The van der Waals surface area contributed by atoms with Gasteiger partial charge in [0, 0.05) is 12.6 Å². The first kappa shape index (κ1) is 14.9. The maximum absolute atomic E-state index is 10.5. The van der Waals surface area contributed by atoms with E-state index in [1.165, 1.54) is 0 Å². The summed E-state index contributed by atoms with van der Waals surface area (Å²) in [6.45, 7) is 9.52. The summed E-state index contributed by atoms with van der Waals surface area (Å²) < 4.78 is 0. The predicted molar refractivity (Wildman–Crippen MR) is 71.6 cm³/mol. The summed E-state index contributed by atoms with van der Waals surface area (Å²) in [7, 11) is 0. The lowest BCUT2D eigenvalue weighted by molar-refractivity contribution is 0.00363. The molecule has 0 aliphatic carbocycles. The Morgan fingerprint density at radius 3 is 2.42 bits per heavy atom. The largest absolute Gasteiger partial charge is 0.391 e. The van der Waals surface area contributed by atoms with E-state index in [4.69, 9.17) is 0 Å². The topological polar surface area (TPSA) is 84.2 Å². The summed E-state index contributed by atoms with van der Waals surface area (Å²) in [5, 5.41) is 40.6. The molecule has 19 heavy (non-hydrogen) atoms. The molecule has 5 unspecified atom stereocenters. The lowest BCUT2D eigenvalue weighted by Crippen LogP contribution is -2.56. The zero-order chi connectivity index (χ0) is 14.6. The van der Waals surface area contributed by atoms with E-state index in [9.17, 15) is 20.4 Å². The van der Waals surface area contributed by atoms with E-state index in [0.29, 0.717) is 25.0 Å². The maximum atomic E-state index is 10.5. The third-order valence-corrected chi connectivity index (χ3v) is 4.90. The standard InChI is InChI=1S/C14H25NO4/c1-5-14(8(2)13(3,4)19)11(17)6-9-12(18)10(16)7-15(9)14/h9-12,16-19H,2,5-7H2,1,3-4H3. The molecule has 2 aliphatic heterocycles. The number of nitrogens with zero attached hydrogens (tertiary/aromatic N) is 1. The van der Waals surface area contributed by atoms with E-state index in [1.54, 1.807) is 13.8 Å². The molecule has 5 heteroatoms. The summed E-state index contributed by atoms with van der Waals surface area (Å²) >= 11 is 0. The molecule has 2 saturated heterocycles. The zero-order valence-electron chi connectivity index (χ0n) is 11.9. The molecular formula is C14H25NO4. The van der Waals surface area contributed by atoms with E-state index in [2.05, 4.69) is 6.58 Å². The van der Waals surface area contributed by atoms with Gasteiger partial charge in [-0.15, -0.1) is 0 Å². The van der Waals surface area contributed by atoms with Crippen LogP contribution in [0, 0.1) is 0 Å².